The second-order valence-electron chi connectivity index (χ2n) is 6.39. The molecule has 30 heavy (non-hydrogen) atoms. The molecule has 0 aliphatic rings. The Balaban J connectivity index is 2.13. The van der Waals surface area contributed by atoms with Crippen molar-refractivity contribution in [2.24, 2.45) is 5.84 Å². The Kier molecular flexibility index (Phi) is 8.52. The SMILES string of the molecule is C=C/C=C\N(N)C(C)C(=O)N(C)CC(=O)N(CC)c1sc(-c2cccnc2)nc1Cl. The number of hydrogen-bond acceptors (Lipinski definition) is 7. The number of likely N-dealkylation sites (N-methyl/N-ethyl adjacent to an activating group) is 2. The van der Waals surface area contributed by atoms with Crippen molar-refractivity contribution in [3.8, 4) is 10.6 Å². The van der Waals surface area contributed by atoms with Gasteiger partial charge in [0.2, 0.25) is 11.8 Å². The van der Waals surface area contributed by atoms with Crippen LogP contribution < -0.4 is 10.7 Å². The summed E-state index contributed by atoms with van der Waals surface area (Å²) in [5.41, 5.74) is 0.816. The first-order valence-electron chi connectivity index (χ1n) is 9.24. The Bertz CT molecular complexity index is 917. The van der Waals surface area contributed by atoms with Crippen molar-refractivity contribution in [2.75, 3.05) is 25.0 Å². The van der Waals surface area contributed by atoms with Gasteiger partial charge in [0.25, 0.3) is 0 Å². The van der Waals surface area contributed by atoms with Crippen LogP contribution in [0.5, 0.6) is 0 Å². The van der Waals surface area contributed by atoms with E-state index in [2.05, 4.69) is 16.5 Å². The first-order valence-corrected chi connectivity index (χ1v) is 10.4. The van der Waals surface area contributed by atoms with Crippen LogP contribution in [0.4, 0.5) is 5.00 Å². The fraction of sp³-hybridized carbons (Fsp3) is 0.300. The fourth-order valence-electron chi connectivity index (χ4n) is 2.61. The lowest BCUT2D eigenvalue weighted by Gasteiger charge is -2.28. The van der Waals surface area contributed by atoms with Crippen LogP contribution in [0.25, 0.3) is 10.6 Å². The lowest BCUT2D eigenvalue weighted by atomic mass is 10.2. The van der Waals surface area contributed by atoms with E-state index in [4.69, 9.17) is 17.4 Å². The molecule has 10 heteroatoms. The van der Waals surface area contributed by atoms with E-state index in [0.717, 1.165) is 5.56 Å². The van der Waals surface area contributed by atoms with Crippen molar-refractivity contribution in [3.63, 3.8) is 0 Å². The summed E-state index contributed by atoms with van der Waals surface area (Å²) in [6, 6.07) is 3.04. The zero-order valence-corrected chi connectivity index (χ0v) is 18.7. The van der Waals surface area contributed by atoms with Gasteiger partial charge in [0.15, 0.2) is 5.15 Å². The first kappa shape index (κ1) is 23.5. The number of carbonyl (C=O) groups is 2. The molecule has 0 radical (unpaired) electrons. The number of anilines is 1. The minimum Gasteiger partial charge on any atom is -0.335 e. The molecule has 0 aliphatic carbocycles. The van der Waals surface area contributed by atoms with Gasteiger partial charge in [-0.3, -0.25) is 19.5 Å². The van der Waals surface area contributed by atoms with Gasteiger partial charge in [-0.05, 0) is 32.1 Å². The lowest BCUT2D eigenvalue weighted by Crippen LogP contribution is -2.49. The molecule has 8 nitrogen and oxygen atoms in total. The third kappa shape index (κ3) is 5.65. The second-order valence-corrected chi connectivity index (χ2v) is 7.72. The van der Waals surface area contributed by atoms with E-state index < -0.39 is 6.04 Å². The van der Waals surface area contributed by atoms with Crippen LogP contribution in [0, 0.1) is 0 Å². The van der Waals surface area contributed by atoms with Gasteiger partial charge in [-0.25, -0.2) is 10.8 Å². The Morgan fingerprint density at radius 3 is 2.77 bits per heavy atom. The normalized spacial score (nSPS) is 11.9. The quantitative estimate of drug-likeness (QED) is 0.360. The minimum atomic E-state index is -0.641. The Hall–Kier alpha value is -2.75. The summed E-state index contributed by atoms with van der Waals surface area (Å²) in [4.78, 5) is 36.8. The van der Waals surface area contributed by atoms with E-state index in [9.17, 15) is 9.59 Å². The van der Waals surface area contributed by atoms with Crippen molar-refractivity contribution >= 4 is 39.8 Å². The highest BCUT2D eigenvalue weighted by atomic mass is 35.5. The van der Waals surface area contributed by atoms with Crippen LogP contribution in [-0.2, 0) is 9.59 Å². The van der Waals surface area contributed by atoms with E-state index in [1.165, 1.54) is 26.1 Å². The maximum absolute atomic E-state index is 12.9. The molecule has 0 saturated heterocycles. The second kappa shape index (κ2) is 10.9. The zero-order valence-electron chi connectivity index (χ0n) is 17.2. The zero-order chi connectivity index (χ0) is 22.3. The highest BCUT2D eigenvalue weighted by molar-refractivity contribution is 7.19. The first-order chi connectivity index (χ1) is 14.3. The van der Waals surface area contributed by atoms with Gasteiger partial charge in [-0.1, -0.05) is 35.6 Å². The number of nitrogens with zero attached hydrogens (tertiary/aromatic N) is 5. The third-order valence-electron chi connectivity index (χ3n) is 4.29. The van der Waals surface area contributed by atoms with Gasteiger partial charge >= 0.3 is 0 Å². The molecule has 0 aliphatic heterocycles. The van der Waals surface area contributed by atoms with Gasteiger partial charge in [0.05, 0.1) is 6.54 Å². The standard InChI is InChI=1S/C20H25ClN6O2S/c1-5-7-11-27(22)14(3)19(29)25(4)13-16(28)26(6-2)20-17(21)24-18(30-20)15-9-8-10-23-12-15/h5,7-12,14H,1,6,13,22H2,2-4H3/b11-7-. The molecule has 2 aromatic heterocycles. The van der Waals surface area contributed by atoms with Crippen molar-refractivity contribution in [1.29, 1.82) is 0 Å². The number of allylic oxidation sites excluding steroid dienone is 2. The molecule has 2 amide bonds. The average molecular weight is 449 g/mol. The summed E-state index contributed by atoms with van der Waals surface area (Å²) in [5.74, 6) is 5.30. The third-order valence-corrected chi connectivity index (χ3v) is 5.79. The summed E-state index contributed by atoms with van der Waals surface area (Å²) in [6.45, 7) is 7.33. The average Bonchev–Trinajstić information content (AvgIpc) is 3.13. The number of rotatable bonds is 9. The number of carbonyl (C=O) groups excluding carboxylic acids is 2. The van der Waals surface area contributed by atoms with Crippen molar-refractivity contribution < 1.29 is 9.59 Å². The maximum atomic E-state index is 12.9. The highest BCUT2D eigenvalue weighted by Crippen LogP contribution is 2.37. The summed E-state index contributed by atoms with van der Waals surface area (Å²) in [7, 11) is 1.56. The topological polar surface area (TPSA) is 95.7 Å². The number of halogens is 1. The van der Waals surface area contributed by atoms with Gasteiger partial charge in [-0.15, -0.1) is 0 Å². The molecule has 1 unspecified atom stereocenters. The van der Waals surface area contributed by atoms with Crippen molar-refractivity contribution in [2.45, 2.75) is 19.9 Å². The summed E-state index contributed by atoms with van der Waals surface area (Å²) < 4.78 is 0. The molecule has 0 aromatic carbocycles. The smallest absolute Gasteiger partial charge is 0.247 e. The summed E-state index contributed by atoms with van der Waals surface area (Å²) >= 11 is 7.62. The van der Waals surface area contributed by atoms with Crippen molar-refractivity contribution in [1.82, 2.24) is 19.9 Å². The van der Waals surface area contributed by atoms with E-state index in [1.54, 1.807) is 50.8 Å². The predicted octanol–water partition coefficient (Wildman–Crippen LogP) is 2.93. The van der Waals surface area contributed by atoms with Crippen LogP contribution in [0.1, 0.15) is 13.8 Å². The predicted molar refractivity (Wildman–Crippen MR) is 121 cm³/mol. The Morgan fingerprint density at radius 1 is 1.43 bits per heavy atom. The molecular weight excluding hydrogens is 424 g/mol. The molecule has 2 aromatic rings. The molecule has 2 heterocycles. The maximum Gasteiger partial charge on any atom is 0.247 e. The number of thiazole rings is 1. The van der Waals surface area contributed by atoms with Gasteiger partial charge in [0, 0.05) is 37.7 Å². The molecule has 0 fully saturated rings. The van der Waals surface area contributed by atoms with Gasteiger partial charge < -0.3 is 9.91 Å². The van der Waals surface area contributed by atoms with Crippen LogP contribution in [0.15, 0.2) is 49.5 Å². The largest absolute Gasteiger partial charge is 0.335 e. The van der Waals surface area contributed by atoms with Crippen LogP contribution in [0.3, 0.4) is 0 Å². The molecule has 0 saturated carbocycles. The molecule has 0 spiro atoms. The van der Waals surface area contributed by atoms with Crippen LogP contribution >= 0.6 is 22.9 Å². The monoisotopic (exact) mass is 448 g/mol. The summed E-state index contributed by atoms with van der Waals surface area (Å²) in [6.07, 6.45) is 8.08. The van der Waals surface area contributed by atoms with E-state index in [-0.39, 0.29) is 23.5 Å². The number of aromatic nitrogens is 2. The molecular formula is C20H25ClN6O2S. The lowest BCUT2D eigenvalue weighted by molar-refractivity contribution is -0.137. The molecule has 160 valence electrons. The number of nitrogens with two attached hydrogens (primary N) is 1. The van der Waals surface area contributed by atoms with E-state index >= 15 is 0 Å². The number of hydrazine groups is 1. The number of pyridine rings is 1. The van der Waals surface area contributed by atoms with Gasteiger partial charge in [0.1, 0.15) is 16.1 Å². The minimum absolute atomic E-state index is 0.119. The fourth-order valence-corrected chi connectivity index (χ4v) is 3.99. The number of hydrogen-bond donors (Lipinski definition) is 1. The molecule has 1 atom stereocenters. The Morgan fingerprint density at radius 2 is 2.17 bits per heavy atom. The molecule has 0 bridgehead atoms. The van der Waals surface area contributed by atoms with Crippen molar-refractivity contribution in [3.05, 3.63) is 54.6 Å². The number of amides is 2. The van der Waals surface area contributed by atoms with Crippen LogP contribution in [-0.4, -0.2) is 57.9 Å². The van der Waals surface area contributed by atoms with E-state index in [0.29, 0.717) is 16.6 Å². The molecule has 2 N–H and O–H groups in total. The van der Waals surface area contributed by atoms with Crippen LogP contribution in [0.2, 0.25) is 5.15 Å². The highest BCUT2D eigenvalue weighted by Gasteiger charge is 2.26. The Labute approximate surface area is 185 Å². The van der Waals surface area contributed by atoms with E-state index in [1.807, 2.05) is 13.0 Å². The van der Waals surface area contributed by atoms with Gasteiger partial charge in [-0.2, -0.15) is 0 Å². The molecule has 2 rings (SSSR count). The summed E-state index contributed by atoms with van der Waals surface area (Å²) in [5, 5.41) is 2.70.